The van der Waals surface area contributed by atoms with Crippen LogP contribution in [-0.4, -0.2) is 23.3 Å². The maximum atomic E-state index is 12.1. The summed E-state index contributed by atoms with van der Waals surface area (Å²) in [5, 5.41) is 11.6. The number of hydrogen-bond donors (Lipinski definition) is 2. The lowest BCUT2D eigenvalue weighted by atomic mass is 10.1. The van der Waals surface area contributed by atoms with E-state index in [0.29, 0.717) is 5.56 Å². The molecule has 1 aromatic rings. The summed E-state index contributed by atoms with van der Waals surface area (Å²) >= 11 is 0. The van der Waals surface area contributed by atoms with Gasteiger partial charge < -0.3 is 10.4 Å². The van der Waals surface area contributed by atoms with Gasteiger partial charge in [0.05, 0.1) is 12.0 Å². The molecular weight excluding hydrogens is 247 g/mol. The predicted molar refractivity (Wildman–Crippen MR) is 60.4 cm³/mol. The van der Waals surface area contributed by atoms with Crippen LogP contribution in [0.1, 0.15) is 29.3 Å². The summed E-state index contributed by atoms with van der Waals surface area (Å²) in [6.45, 7) is 1.51. The van der Waals surface area contributed by atoms with Gasteiger partial charge in [0.25, 0.3) is 0 Å². The minimum absolute atomic E-state index is 0.0969. The van der Waals surface area contributed by atoms with E-state index >= 15 is 0 Å². The highest BCUT2D eigenvalue weighted by Crippen LogP contribution is 2.21. The minimum atomic E-state index is -4.22. The van der Waals surface area contributed by atoms with Gasteiger partial charge in [0.1, 0.15) is 0 Å². The zero-order valence-corrected chi connectivity index (χ0v) is 9.79. The zero-order valence-electron chi connectivity index (χ0n) is 9.79. The van der Waals surface area contributed by atoms with E-state index in [1.54, 1.807) is 18.2 Å². The molecule has 3 nitrogen and oxygen atoms in total. The second kappa shape index (κ2) is 5.86. The van der Waals surface area contributed by atoms with Crippen molar-refractivity contribution >= 4 is 5.97 Å². The summed E-state index contributed by atoms with van der Waals surface area (Å²) < 4.78 is 36.3. The first kappa shape index (κ1) is 14.5. The molecule has 1 aromatic carbocycles. The minimum Gasteiger partial charge on any atom is -0.478 e. The Balaban J connectivity index is 2.61. The first-order valence-corrected chi connectivity index (χ1v) is 5.41. The number of carbonyl (C=O) groups is 1. The van der Waals surface area contributed by atoms with Crippen molar-refractivity contribution in [3.05, 3.63) is 35.4 Å². The molecule has 1 unspecified atom stereocenters. The van der Waals surface area contributed by atoms with E-state index in [4.69, 9.17) is 5.11 Å². The number of carboxylic acid groups (broad SMARTS) is 1. The zero-order chi connectivity index (χ0) is 13.8. The lowest BCUT2D eigenvalue weighted by Crippen LogP contribution is -2.31. The number of nitrogens with one attached hydrogen (secondary N) is 1. The standard InChI is InChI=1S/C12H14F3NO2/c1-8(6-12(13,14)15)16-7-9-4-2-3-5-10(9)11(17)18/h2-5,8,16H,6-7H2,1H3,(H,17,18). The summed E-state index contributed by atoms with van der Waals surface area (Å²) in [6.07, 6.45) is -5.17. The number of alkyl halides is 3. The van der Waals surface area contributed by atoms with Gasteiger partial charge in [-0.15, -0.1) is 0 Å². The molecule has 0 aromatic heterocycles. The molecule has 0 aliphatic rings. The molecule has 0 bridgehead atoms. The van der Waals surface area contributed by atoms with Crippen molar-refractivity contribution in [1.82, 2.24) is 5.32 Å². The van der Waals surface area contributed by atoms with Crippen LogP contribution in [0.4, 0.5) is 13.2 Å². The molecule has 0 fully saturated rings. The number of benzene rings is 1. The maximum Gasteiger partial charge on any atom is 0.390 e. The van der Waals surface area contributed by atoms with Gasteiger partial charge in [-0.2, -0.15) is 13.2 Å². The Morgan fingerprint density at radius 3 is 2.56 bits per heavy atom. The highest BCUT2D eigenvalue weighted by atomic mass is 19.4. The number of halogens is 3. The highest BCUT2D eigenvalue weighted by molar-refractivity contribution is 5.89. The molecule has 2 N–H and O–H groups in total. The molecule has 0 aliphatic carbocycles. The van der Waals surface area contributed by atoms with E-state index in [2.05, 4.69) is 5.32 Å². The summed E-state index contributed by atoms with van der Waals surface area (Å²) in [7, 11) is 0. The topological polar surface area (TPSA) is 49.3 Å². The van der Waals surface area contributed by atoms with Crippen LogP contribution in [0.15, 0.2) is 24.3 Å². The number of hydrogen-bond acceptors (Lipinski definition) is 2. The van der Waals surface area contributed by atoms with Gasteiger partial charge in [-0.1, -0.05) is 18.2 Å². The Labute approximate surface area is 103 Å². The van der Waals surface area contributed by atoms with Gasteiger partial charge in [0.2, 0.25) is 0 Å². The summed E-state index contributed by atoms with van der Waals surface area (Å²) in [4.78, 5) is 10.9. The van der Waals surface area contributed by atoms with E-state index in [1.807, 2.05) is 0 Å². The smallest absolute Gasteiger partial charge is 0.390 e. The average molecular weight is 261 g/mol. The van der Waals surface area contributed by atoms with Gasteiger partial charge in [0.15, 0.2) is 0 Å². The monoisotopic (exact) mass is 261 g/mol. The molecule has 0 aliphatic heterocycles. The van der Waals surface area contributed by atoms with Crippen LogP contribution in [0.2, 0.25) is 0 Å². The van der Waals surface area contributed by atoms with E-state index in [0.717, 1.165) is 0 Å². The molecule has 0 saturated carbocycles. The molecule has 0 radical (unpaired) electrons. The Morgan fingerprint density at radius 2 is 2.00 bits per heavy atom. The highest BCUT2D eigenvalue weighted by Gasteiger charge is 2.29. The fourth-order valence-electron chi connectivity index (χ4n) is 1.59. The number of carboxylic acids is 1. The molecule has 100 valence electrons. The predicted octanol–water partition coefficient (Wildman–Crippen LogP) is 2.82. The van der Waals surface area contributed by atoms with E-state index in [1.165, 1.54) is 13.0 Å². The summed E-state index contributed by atoms with van der Waals surface area (Å²) in [6, 6.07) is 5.47. The van der Waals surface area contributed by atoms with E-state index < -0.39 is 24.6 Å². The summed E-state index contributed by atoms with van der Waals surface area (Å²) in [5.41, 5.74) is 0.572. The van der Waals surface area contributed by atoms with Crippen LogP contribution in [-0.2, 0) is 6.54 Å². The van der Waals surface area contributed by atoms with Crippen molar-refractivity contribution < 1.29 is 23.1 Å². The van der Waals surface area contributed by atoms with Gasteiger partial charge in [0, 0.05) is 12.6 Å². The third-order valence-electron chi connectivity index (χ3n) is 2.43. The van der Waals surface area contributed by atoms with Crippen molar-refractivity contribution in [2.45, 2.75) is 32.1 Å². The fraction of sp³-hybridized carbons (Fsp3) is 0.417. The van der Waals surface area contributed by atoms with Crippen molar-refractivity contribution in [3.8, 4) is 0 Å². The first-order chi connectivity index (χ1) is 8.29. The number of rotatable bonds is 5. The fourth-order valence-corrected chi connectivity index (χ4v) is 1.59. The van der Waals surface area contributed by atoms with Crippen molar-refractivity contribution in [1.29, 1.82) is 0 Å². The Kier molecular flexibility index (Phi) is 4.72. The third-order valence-corrected chi connectivity index (χ3v) is 2.43. The SMILES string of the molecule is CC(CC(F)(F)F)NCc1ccccc1C(=O)O. The van der Waals surface area contributed by atoms with Gasteiger partial charge in [-0.3, -0.25) is 0 Å². The summed E-state index contributed by atoms with van der Waals surface area (Å²) in [5.74, 6) is -1.09. The molecule has 0 heterocycles. The van der Waals surface area contributed by atoms with Crippen LogP contribution in [0, 0.1) is 0 Å². The molecule has 6 heteroatoms. The Bertz CT molecular complexity index is 418. The molecule has 0 saturated heterocycles. The van der Waals surface area contributed by atoms with Crippen molar-refractivity contribution in [2.24, 2.45) is 0 Å². The second-order valence-electron chi connectivity index (χ2n) is 4.06. The Hall–Kier alpha value is -1.56. The molecule has 18 heavy (non-hydrogen) atoms. The molecular formula is C12H14F3NO2. The van der Waals surface area contributed by atoms with Gasteiger partial charge >= 0.3 is 12.1 Å². The van der Waals surface area contributed by atoms with E-state index in [9.17, 15) is 18.0 Å². The lowest BCUT2D eigenvalue weighted by Gasteiger charge is -2.16. The van der Waals surface area contributed by atoms with Crippen molar-refractivity contribution in [2.75, 3.05) is 0 Å². The van der Waals surface area contributed by atoms with E-state index in [-0.39, 0.29) is 12.1 Å². The van der Waals surface area contributed by atoms with Crippen LogP contribution in [0.25, 0.3) is 0 Å². The molecule has 0 amide bonds. The van der Waals surface area contributed by atoms with Crippen LogP contribution in [0.3, 0.4) is 0 Å². The largest absolute Gasteiger partial charge is 0.478 e. The molecule has 1 atom stereocenters. The number of aromatic carboxylic acids is 1. The van der Waals surface area contributed by atoms with Crippen LogP contribution >= 0.6 is 0 Å². The molecule has 1 rings (SSSR count). The second-order valence-corrected chi connectivity index (χ2v) is 4.06. The lowest BCUT2D eigenvalue weighted by molar-refractivity contribution is -0.139. The van der Waals surface area contributed by atoms with Crippen molar-refractivity contribution in [3.63, 3.8) is 0 Å². The van der Waals surface area contributed by atoms with Gasteiger partial charge in [-0.25, -0.2) is 4.79 Å². The van der Waals surface area contributed by atoms with Crippen LogP contribution < -0.4 is 5.32 Å². The molecule has 0 spiro atoms. The quantitative estimate of drug-likeness (QED) is 0.856. The first-order valence-electron chi connectivity index (χ1n) is 5.41. The normalized spacial score (nSPS) is 13.3. The average Bonchev–Trinajstić information content (AvgIpc) is 2.24. The Morgan fingerprint density at radius 1 is 1.39 bits per heavy atom. The van der Waals surface area contributed by atoms with Crippen LogP contribution in [0.5, 0.6) is 0 Å². The van der Waals surface area contributed by atoms with Gasteiger partial charge in [-0.05, 0) is 18.6 Å². The maximum absolute atomic E-state index is 12.1. The third kappa shape index (κ3) is 4.75.